The van der Waals surface area contributed by atoms with E-state index in [4.69, 9.17) is 18.9 Å². The maximum absolute atomic E-state index is 11.8. The first-order valence-corrected chi connectivity index (χ1v) is 7.40. The fourth-order valence-corrected chi connectivity index (χ4v) is 2.34. The van der Waals surface area contributed by atoms with Crippen molar-refractivity contribution in [2.75, 3.05) is 52.8 Å². The van der Waals surface area contributed by atoms with E-state index in [0.29, 0.717) is 23.8 Å². The largest absolute Gasteiger partial charge is 0.484 e. The number of rotatable bonds is 6. The second-order valence-corrected chi connectivity index (χ2v) is 5.11. The summed E-state index contributed by atoms with van der Waals surface area (Å²) >= 11 is 0. The summed E-state index contributed by atoms with van der Waals surface area (Å²) in [6, 6.07) is 5.26. The molecule has 2 heterocycles. The number of carbonyl (C=O) groups is 1. The number of ether oxygens (including phenoxy) is 4. The summed E-state index contributed by atoms with van der Waals surface area (Å²) in [7, 11) is 0. The molecule has 1 fully saturated rings. The summed E-state index contributed by atoms with van der Waals surface area (Å²) < 4.78 is 21.2. The van der Waals surface area contributed by atoms with Crippen LogP contribution in [-0.4, -0.2) is 63.6 Å². The molecule has 3 rings (SSSR count). The Bertz CT molecular complexity index is 517. The highest BCUT2D eigenvalue weighted by Crippen LogP contribution is 2.34. The van der Waals surface area contributed by atoms with E-state index in [1.165, 1.54) is 0 Å². The molecule has 1 aromatic carbocycles. The molecule has 1 amide bonds. The fourth-order valence-electron chi connectivity index (χ4n) is 2.34. The SMILES string of the molecule is O=C(COc1ccc2c(c1)OCO2)NCCN1CCOCC1. The number of nitrogens with zero attached hydrogens (tertiary/aromatic N) is 1. The second kappa shape index (κ2) is 7.33. The number of benzene rings is 1. The average molecular weight is 308 g/mol. The average Bonchev–Trinajstić information content (AvgIpc) is 3.01. The molecule has 0 aromatic heterocycles. The van der Waals surface area contributed by atoms with E-state index in [0.717, 1.165) is 32.8 Å². The van der Waals surface area contributed by atoms with Crippen LogP contribution >= 0.6 is 0 Å². The van der Waals surface area contributed by atoms with E-state index in [1.54, 1.807) is 18.2 Å². The van der Waals surface area contributed by atoms with Crippen molar-refractivity contribution in [2.24, 2.45) is 0 Å². The van der Waals surface area contributed by atoms with Crippen LogP contribution in [0.2, 0.25) is 0 Å². The molecular formula is C15H20N2O5. The second-order valence-electron chi connectivity index (χ2n) is 5.11. The van der Waals surface area contributed by atoms with Crippen LogP contribution in [0.15, 0.2) is 18.2 Å². The number of carbonyl (C=O) groups excluding carboxylic acids is 1. The van der Waals surface area contributed by atoms with E-state index >= 15 is 0 Å². The number of hydrogen-bond donors (Lipinski definition) is 1. The number of morpholine rings is 1. The summed E-state index contributed by atoms with van der Waals surface area (Å²) in [4.78, 5) is 14.0. The predicted molar refractivity (Wildman–Crippen MR) is 78.3 cm³/mol. The lowest BCUT2D eigenvalue weighted by atomic mass is 10.3. The van der Waals surface area contributed by atoms with Crippen LogP contribution in [-0.2, 0) is 9.53 Å². The molecule has 22 heavy (non-hydrogen) atoms. The topological polar surface area (TPSA) is 69.3 Å². The zero-order valence-corrected chi connectivity index (χ0v) is 12.4. The molecular weight excluding hydrogens is 288 g/mol. The Balaban J connectivity index is 1.35. The molecule has 0 unspecified atom stereocenters. The molecule has 2 aliphatic rings. The third-order valence-corrected chi connectivity index (χ3v) is 3.57. The van der Waals surface area contributed by atoms with Gasteiger partial charge in [-0.3, -0.25) is 9.69 Å². The van der Waals surface area contributed by atoms with Crippen molar-refractivity contribution in [3.05, 3.63) is 18.2 Å². The Kier molecular flexibility index (Phi) is 4.97. The molecule has 120 valence electrons. The van der Waals surface area contributed by atoms with Crippen molar-refractivity contribution < 1.29 is 23.7 Å². The standard InChI is InChI=1S/C15H20N2O5/c18-15(16-3-4-17-5-7-19-8-6-17)10-20-12-1-2-13-14(9-12)22-11-21-13/h1-2,9H,3-8,10-11H2,(H,16,18). The van der Waals surface area contributed by atoms with Crippen LogP contribution < -0.4 is 19.5 Å². The van der Waals surface area contributed by atoms with Crippen molar-refractivity contribution in [3.8, 4) is 17.2 Å². The highest BCUT2D eigenvalue weighted by molar-refractivity contribution is 5.77. The molecule has 0 bridgehead atoms. The summed E-state index contributed by atoms with van der Waals surface area (Å²) in [5.74, 6) is 1.80. The highest BCUT2D eigenvalue weighted by atomic mass is 16.7. The normalized spacial score (nSPS) is 17.3. The van der Waals surface area contributed by atoms with Crippen LogP contribution in [0.25, 0.3) is 0 Å². The predicted octanol–water partition coefficient (Wildman–Crippen LogP) is 0.243. The quantitative estimate of drug-likeness (QED) is 0.812. The minimum absolute atomic E-state index is 0.0112. The van der Waals surface area contributed by atoms with Gasteiger partial charge in [0.15, 0.2) is 18.1 Å². The monoisotopic (exact) mass is 308 g/mol. The summed E-state index contributed by atoms with van der Waals surface area (Å²) in [6.45, 7) is 5.03. The number of hydrogen-bond acceptors (Lipinski definition) is 6. The van der Waals surface area contributed by atoms with Gasteiger partial charge in [0, 0.05) is 32.2 Å². The van der Waals surface area contributed by atoms with E-state index in [-0.39, 0.29) is 19.3 Å². The van der Waals surface area contributed by atoms with Gasteiger partial charge in [0.2, 0.25) is 6.79 Å². The fraction of sp³-hybridized carbons (Fsp3) is 0.533. The molecule has 1 aromatic rings. The Labute approximate surface area is 129 Å². The minimum atomic E-state index is -0.133. The van der Waals surface area contributed by atoms with E-state index in [9.17, 15) is 4.79 Å². The van der Waals surface area contributed by atoms with Gasteiger partial charge >= 0.3 is 0 Å². The van der Waals surface area contributed by atoms with Crippen molar-refractivity contribution in [2.45, 2.75) is 0 Å². The van der Waals surface area contributed by atoms with Crippen molar-refractivity contribution in [3.63, 3.8) is 0 Å². The molecule has 2 aliphatic heterocycles. The molecule has 1 N–H and O–H groups in total. The van der Waals surface area contributed by atoms with Gasteiger partial charge in [-0.15, -0.1) is 0 Å². The molecule has 0 atom stereocenters. The summed E-state index contributed by atoms with van der Waals surface area (Å²) in [5.41, 5.74) is 0. The van der Waals surface area contributed by atoms with E-state index in [2.05, 4.69) is 10.2 Å². The molecule has 7 nitrogen and oxygen atoms in total. The third kappa shape index (κ3) is 4.02. The molecule has 0 radical (unpaired) electrons. The number of amides is 1. The van der Waals surface area contributed by atoms with Gasteiger partial charge in [0.25, 0.3) is 5.91 Å². The van der Waals surface area contributed by atoms with Gasteiger partial charge in [-0.2, -0.15) is 0 Å². The summed E-state index contributed by atoms with van der Waals surface area (Å²) in [6.07, 6.45) is 0. The van der Waals surface area contributed by atoms with Gasteiger partial charge in [0.1, 0.15) is 5.75 Å². The van der Waals surface area contributed by atoms with Crippen LogP contribution in [0.5, 0.6) is 17.2 Å². The molecule has 7 heteroatoms. The molecule has 0 spiro atoms. The highest BCUT2D eigenvalue weighted by Gasteiger charge is 2.14. The first-order valence-electron chi connectivity index (χ1n) is 7.40. The van der Waals surface area contributed by atoms with E-state index in [1.807, 2.05) is 0 Å². The zero-order valence-electron chi connectivity index (χ0n) is 12.4. The number of nitrogens with one attached hydrogen (secondary N) is 1. The van der Waals surface area contributed by atoms with Crippen molar-refractivity contribution in [1.82, 2.24) is 10.2 Å². The number of fused-ring (bicyclic) bond motifs is 1. The lowest BCUT2D eigenvalue weighted by molar-refractivity contribution is -0.123. The minimum Gasteiger partial charge on any atom is -0.484 e. The summed E-state index contributed by atoms with van der Waals surface area (Å²) in [5, 5.41) is 2.85. The first-order chi connectivity index (χ1) is 10.8. The maximum atomic E-state index is 11.8. The molecule has 1 saturated heterocycles. The van der Waals surface area contributed by atoms with Gasteiger partial charge in [-0.1, -0.05) is 0 Å². The lowest BCUT2D eigenvalue weighted by Gasteiger charge is -2.26. The van der Waals surface area contributed by atoms with Crippen LogP contribution in [0.3, 0.4) is 0 Å². The molecule has 0 aliphatic carbocycles. The van der Waals surface area contributed by atoms with E-state index < -0.39 is 0 Å². The van der Waals surface area contributed by atoms with Crippen LogP contribution in [0, 0.1) is 0 Å². The molecule has 0 saturated carbocycles. The third-order valence-electron chi connectivity index (χ3n) is 3.57. The van der Waals surface area contributed by atoms with Gasteiger partial charge in [-0.05, 0) is 12.1 Å². The Morgan fingerprint density at radius 3 is 2.91 bits per heavy atom. The zero-order chi connectivity index (χ0) is 15.2. The first kappa shape index (κ1) is 14.9. The smallest absolute Gasteiger partial charge is 0.257 e. The van der Waals surface area contributed by atoms with Gasteiger partial charge in [-0.25, -0.2) is 0 Å². The van der Waals surface area contributed by atoms with Gasteiger partial charge in [0.05, 0.1) is 13.2 Å². The van der Waals surface area contributed by atoms with Crippen LogP contribution in [0.4, 0.5) is 0 Å². The van der Waals surface area contributed by atoms with Crippen LogP contribution in [0.1, 0.15) is 0 Å². The van der Waals surface area contributed by atoms with Crippen molar-refractivity contribution in [1.29, 1.82) is 0 Å². The maximum Gasteiger partial charge on any atom is 0.257 e. The van der Waals surface area contributed by atoms with Gasteiger partial charge < -0.3 is 24.3 Å². The lowest BCUT2D eigenvalue weighted by Crippen LogP contribution is -2.42. The van der Waals surface area contributed by atoms with Crippen molar-refractivity contribution >= 4 is 5.91 Å². The Morgan fingerprint density at radius 1 is 1.23 bits per heavy atom. The Morgan fingerprint density at radius 2 is 2.05 bits per heavy atom. The Hall–Kier alpha value is -1.99.